The van der Waals surface area contributed by atoms with Gasteiger partial charge >= 0.3 is 0 Å². The van der Waals surface area contributed by atoms with Crippen molar-refractivity contribution < 1.29 is 22.3 Å². The highest BCUT2D eigenvalue weighted by atomic mass is 79.9. The summed E-state index contributed by atoms with van der Waals surface area (Å²) >= 11 is 3.35. The highest BCUT2D eigenvalue weighted by Gasteiger charge is 2.20. The third-order valence-corrected chi connectivity index (χ3v) is 8.85. The number of piperazine rings is 1. The van der Waals surface area contributed by atoms with E-state index in [9.17, 15) is 17.6 Å². The lowest BCUT2D eigenvalue weighted by atomic mass is 10.2. The Bertz CT molecular complexity index is 1630. The molecule has 43 heavy (non-hydrogen) atoms. The quantitative estimate of drug-likeness (QED) is 0.229. The standard InChI is InChI=1S/C31H31BrFN5O4S/c32-24-6-9-27(10-7-24)42-30-13-8-25(33)21-29(30)36-43(40,41)28-11-4-23(5-12-28)31(39)35-15-16-37-17-19-38(20-18-37)22-26-3-1-2-14-34-26/h1-14,21,36H,15-20,22H2,(H,35,39). The lowest BCUT2D eigenvalue weighted by Gasteiger charge is -2.34. The highest BCUT2D eigenvalue weighted by molar-refractivity contribution is 9.10. The van der Waals surface area contributed by atoms with Crippen LogP contribution in [0.3, 0.4) is 0 Å². The van der Waals surface area contributed by atoms with Gasteiger partial charge in [0.2, 0.25) is 0 Å². The maximum atomic E-state index is 14.0. The van der Waals surface area contributed by atoms with E-state index in [0.29, 0.717) is 17.9 Å². The molecule has 4 aromatic rings. The van der Waals surface area contributed by atoms with Gasteiger partial charge in [0, 0.05) is 68.1 Å². The topological polar surface area (TPSA) is 104 Å². The molecule has 0 saturated carbocycles. The average Bonchev–Trinajstić information content (AvgIpc) is 3.01. The third-order valence-electron chi connectivity index (χ3n) is 6.94. The molecule has 5 rings (SSSR count). The Morgan fingerprint density at radius 3 is 2.35 bits per heavy atom. The number of hydrogen-bond donors (Lipinski definition) is 2. The van der Waals surface area contributed by atoms with Crippen molar-refractivity contribution in [2.75, 3.05) is 44.0 Å². The molecule has 0 spiro atoms. The van der Waals surface area contributed by atoms with Crippen molar-refractivity contribution in [3.63, 3.8) is 0 Å². The predicted molar refractivity (Wildman–Crippen MR) is 166 cm³/mol. The Kier molecular flexibility index (Phi) is 10.0. The van der Waals surface area contributed by atoms with Crippen LogP contribution in [0.2, 0.25) is 0 Å². The molecule has 0 radical (unpaired) electrons. The van der Waals surface area contributed by atoms with Crippen molar-refractivity contribution in [1.29, 1.82) is 0 Å². The summed E-state index contributed by atoms with van der Waals surface area (Å²) < 4.78 is 49.3. The number of benzene rings is 3. The maximum absolute atomic E-state index is 14.0. The minimum Gasteiger partial charge on any atom is -0.455 e. The number of sulfonamides is 1. The van der Waals surface area contributed by atoms with Gasteiger partial charge in [-0.1, -0.05) is 22.0 Å². The van der Waals surface area contributed by atoms with Crippen molar-refractivity contribution in [3.05, 3.63) is 113 Å². The lowest BCUT2D eigenvalue weighted by molar-refractivity contribution is 0.0933. The van der Waals surface area contributed by atoms with Gasteiger partial charge in [-0.15, -0.1) is 0 Å². The monoisotopic (exact) mass is 667 g/mol. The number of carbonyl (C=O) groups excluding carboxylic acids is 1. The lowest BCUT2D eigenvalue weighted by Crippen LogP contribution is -2.48. The SMILES string of the molecule is O=C(NCCN1CCN(Cc2ccccn2)CC1)c1ccc(S(=O)(=O)Nc2cc(F)ccc2Oc2ccc(Br)cc2)cc1. The Hall–Kier alpha value is -3.84. The zero-order valence-electron chi connectivity index (χ0n) is 23.2. The first kappa shape index (κ1) is 30.6. The van der Waals surface area contributed by atoms with Crippen LogP contribution in [0.4, 0.5) is 10.1 Å². The van der Waals surface area contributed by atoms with Crippen LogP contribution in [0.5, 0.6) is 11.5 Å². The molecule has 224 valence electrons. The van der Waals surface area contributed by atoms with Crippen LogP contribution in [-0.2, 0) is 16.6 Å². The molecule has 0 unspecified atom stereocenters. The third kappa shape index (κ3) is 8.60. The molecule has 0 atom stereocenters. The van der Waals surface area contributed by atoms with E-state index in [-0.39, 0.29) is 22.2 Å². The predicted octanol–water partition coefficient (Wildman–Crippen LogP) is 5.12. The van der Waals surface area contributed by atoms with Gasteiger partial charge < -0.3 is 10.1 Å². The van der Waals surface area contributed by atoms with E-state index in [1.54, 1.807) is 24.3 Å². The van der Waals surface area contributed by atoms with Crippen molar-refractivity contribution in [3.8, 4) is 11.5 Å². The summed E-state index contributed by atoms with van der Waals surface area (Å²) in [5.74, 6) is -0.327. The fourth-order valence-corrected chi connectivity index (χ4v) is 5.94. The van der Waals surface area contributed by atoms with Crippen molar-refractivity contribution >= 4 is 37.5 Å². The summed E-state index contributed by atoms with van der Waals surface area (Å²) in [7, 11) is -4.10. The van der Waals surface area contributed by atoms with Crippen LogP contribution >= 0.6 is 15.9 Å². The minimum absolute atomic E-state index is 0.0534. The Labute approximate surface area is 258 Å². The number of rotatable bonds is 11. The van der Waals surface area contributed by atoms with Gasteiger partial charge in [0.05, 0.1) is 16.3 Å². The zero-order valence-corrected chi connectivity index (χ0v) is 25.7. The van der Waals surface area contributed by atoms with Gasteiger partial charge in [-0.25, -0.2) is 12.8 Å². The Balaban J connectivity index is 1.12. The minimum atomic E-state index is -4.10. The number of aromatic nitrogens is 1. The number of hydrogen-bond acceptors (Lipinski definition) is 7. The van der Waals surface area contributed by atoms with E-state index in [2.05, 4.69) is 40.8 Å². The maximum Gasteiger partial charge on any atom is 0.262 e. The number of carbonyl (C=O) groups is 1. The number of ether oxygens (including phenoxy) is 1. The van der Waals surface area contributed by atoms with Crippen LogP contribution < -0.4 is 14.8 Å². The van der Waals surface area contributed by atoms with Crippen LogP contribution in [0.1, 0.15) is 16.1 Å². The number of nitrogens with one attached hydrogen (secondary N) is 2. The fraction of sp³-hybridized carbons (Fsp3) is 0.226. The van der Waals surface area contributed by atoms with Gasteiger partial charge in [-0.05, 0) is 72.8 Å². The van der Waals surface area contributed by atoms with Crippen molar-refractivity contribution in [1.82, 2.24) is 20.1 Å². The molecule has 1 aromatic heterocycles. The van der Waals surface area contributed by atoms with Gasteiger partial charge in [-0.2, -0.15) is 0 Å². The second kappa shape index (κ2) is 14.1. The van der Waals surface area contributed by atoms with Gasteiger partial charge in [0.25, 0.3) is 15.9 Å². The zero-order chi connectivity index (χ0) is 30.2. The highest BCUT2D eigenvalue weighted by Crippen LogP contribution is 2.32. The van der Waals surface area contributed by atoms with Crippen LogP contribution in [0.25, 0.3) is 0 Å². The summed E-state index contributed by atoms with van der Waals surface area (Å²) in [6, 6.07) is 22.0. The van der Waals surface area contributed by atoms with Crippen molar-refractivity contribution in [2.45, 2.75) is 11.4 Å². The number of amides is 1. The fourth-order valence-electron chi connectivity index (χ4n) is 4.61. The Morgan fingerprint density at radius 2 is 1.65 bits per heavy atom. The summed E-state index contributed by atoms with van der Waals surface area (Å²) in [6.07, 6.45) is 1.81. The van der Waals surface area contributed by atoms with Crippen molar-refractivity contribution in [2.24, 2.45) is 0 Å². The molecule has 12 heteroatoms. The summed E-state index contributed by atoms with van der Waals surface area (Å²) in [4.78, 5) is 21.7. The molecule has 1 saturated heterocycles. The normalized spacial score (nSPS) is 14.3. The molecular weight excluding hydrogens is 637 g/mol. The van der Waals surface area contributed by atoms with E-state index < -0.39 is 15.8 Å². The molecule has 3 aromatic carbocycles. The smallest absolute Gasteiger partial charge is 0.262 e. The second-order valence-corrected chi connectivity index (χ2v) is 12.6. The van der Waals surface area contributed by atoms with E-state index in [1.807, 2.05) is 24.4 Å². The molecule has 0 bridgehead atoms. The molecule has 0 aliphatic carbocycles. The van der Waals surface area contributed by atoms with E-state index in [0.717, 1.165) is 55.5 Å². The van der Waals surface area contributed by atoms with E-state index >= 15 is 0 Å². The average molecular weight is 669 g/mol. The Morgan fingerprint density at radius 1 is 0.930 bits per heavy atom. The largest absolute Gasteiger partial charge is 0.455 e. The first-order valence-corrected chi connectivity index (χ1v) is 16.0. The first-order valence-electron chi connectivity index (χ1n) is 13.7. The summed E-state index contributed by atoms with van der Waals surface area (Å²) in [5.41, 5.74) is 1.34. The first-order chi connectivity index (χ1) is 20.7. The van der Waals surface area contributed by atoms with Crippen LogP contribution in [-0.4, -0.2) is 68.4 Å². The van der Waals surface area contributed by atoms with Gasteiger partial charge in [-0.3, -0.25) is 24.3 Å². The number of pyridine rings is 1. The van der Waals surface area contributed by atoms with E-state index in [4.69, 9.17) is 4.74 Å². The second-order valence-electron chi connectivity index (χ2n) is 10.0. The van der Waals surface area contributed by atoms with Crippen LogP contribution in [0.15, 0.2) is 100 Å². The van der Waals surface area contributed by atoms with E-state index in [1.165, 1.54) is 36.4 Å². The molecule has 2 heterocycles. The molecule has 9 nitrogen and oxygen atoms in total. The number of anilines is 1. The number of halogens is 2. The summed E-state index contributed by atoms with van der Waals surface area (Å²) in [5, 5.41) is 2.91. The molecule has 2 N–H and O–H groups in total. The summed E-state index contributed by atoms with van der Waals surface area (Å²) in [6.45, 7) is 5.70. The molecular formula is C31H31BrFN5O4S. The van der Waals surface area contributed by atoms with Crippen LogP contribution in [0, 0.1) is 5.82 Å². The molecule has 1 aliphatic heterocycles. The molecule has 1 fully saturated rings. The molecule has 1 aliphatic rings. The number of nitrogens with zero attached hydrogens (tertiary/aromatic N) is 3. The van der Waals surface area contributed by atoms with Gasteiger partial charge in [0.15, 0.2) is 5.75 Å². The molecule has 1 amide bonds. The van der Waals surface area contributed by atoms with Gasteiger partial charge in [0.1, 0.15) is 11.6 Å².